The van der Waals surface area contributed by atoms with E-state index in [4.69, 9.17) is 4.42 Å². The van der Waals surface area contributed by atoms with Crippen LogP contribution >= 0.6 is 11.5 Å². The van der Waals surface area contributed by atoms with Crippen LogP contribution in [0.3, 0.4) is 0 Å². The molecule has 0 saturated carbocycles. The summed E-state index contributed by atoms with van der Waals surface area (Å²) in [4.78, 5) is 15.3. The molecule has 1 fully saturated rings. The highest BCUT2D eigenvalue weighted by atomic mass is 32.1. The first kappa shape index (κ1) is 18.2. The summed E-state index contributed by atoms with van der Waals surface area (Å²) in [6, 6.07) is 8.69. The molecule has 142 valence electrons. The average molecular weight is 384 g/mol. The summed E-state index contributed by atoms with van der Waals surface area (Å²) in [7, 11) is 0. The number of unbranched alkanes of at least 4 members (excludes halogenated alkanes) is 1. The van der Waals surface area contributed by atoms with Gasteiger partial charge in [-0.25, -0.2) is 0 Å². The van der Waals surface area contributed by atoms with Crippen molar-refractivity contribution in [2.45, 2.75) is 45.2 Å². The molecular formula is C21H25N3O2S. The van der Waals surface area contributed by atoms with Gasteiger partial charge in [0.15, 0.2) is 0 Å². The average Bonchev–Trinajstić information content (AvgIpc) is 3.34. The number of fused-ring (bicyclic) bond motifs is 1. The Morgan fingerprint density at radius 1 is 1.33 bits per heavy atom. The van der Waals surface area contributed by atoms with Gasteiger partial charge >= 0.3 is 0 Å². The van der Waals surface area contributed by atoms with Crippen LogP contribution in [0.25, 0.3) is 21.2 Å². The summed E-state index contributed by atoms with van der Waals surface area (Å²) in [5.74, 6) is -0.0560. The molecule has 27 heavy (non-hydrogen) atoms. The van der Waals surface area contributed by atoms with E-state index in [-0.39, 0.29) is 11.9 Å². The molecule has 2 aromatic heterocycles. The maximum Gasteiger partial charge on any atom is 0.271 e. The van der Waals surface area contributed by atoms with Crippen molar-refractivity contribution in [3.8, 4) is 11.1 Å². The lowest BCUT2D eigenvalue weighted by atomic mass is 9.91. The van der Waals surface area contributed by atoms with Crippen LogP contribution in [0.2, 0.25) is 0 Å². The molecule has 1 aromatic carbocycles. The number of likely N-dealkylation sites (N-methyl/N-ethyl adjacent to an activating group) is 1. The maximum atomic E-state index is 12.9. The van der Waals surface area contributed by atoms with E-state index in [0.29, 0.717) is 11.7 Å². The Kier molecular flexibility index (Phi) is 5.27. The molecule has 0 radical (unpaired) electrons. The van der Waals surface area contributed by atoms with Crippen molar-refractivity contribution in [3.63, 3.8) is 0 Å². The Labute approximate surface area is 163 Å². The highest BCUT2D eigenvalue weighted by molar-refractivity contribution is 7.13. The molecule has 2 atom stereocenters. The fourth-order valence-electron chi connectivity index (χ4n) is 3.87. The van der Waals surface area contributed by atoms with Crippen molar-refractivity contribution < 1.29 is 9.21 Å². The molecule has 1 unspecified atom stereocenters. The second kappa shape index (κ2) is 7.82. The monoisotopic (exact) mass is 383 g/mol. The van der Waals surface area contributed by atoms with E-state index in [1.807, 2.05) is 18.2 Å². The Balaban J connectivity index is 1.50. The first-order valence-corrected chi connectivity index (χ1v) is 10.5. The SMILES string of the molecule is CCCCC1[C@@H](NC(=O)c2nsc3cc(-c4ccoc4)ccc23)CN1CC. The lowest BCUT2D eigenvalue weighted by molar-refractivity contribution is 0.0374. The van der Waals surface area contributed by atoms with Crippen molar-refractivity contribution in [1.29, 1.82) is 0 Å². The quantitative estimate of drug-likeness (QED) is 0.650. The number of furan rings is 1. The van der Waals surface area contributed by atoms with E-state index in [1.165, 1.54) is 24.4 Å². The third-order valence-corrected chi connectivity index (χ3v) is 6.29. The number of aromatic nitrogens is 1. The van der Waals surface area contributed by atoms with Crippen LogP contribution in [0.15, 0.2) is 41.2 Å². The molecule has 6 heteroatoms. The van der Waals surface area contributed by atoms with E-state index in [2.05, 4.69) is 34.5 Å². The largest absolute Gasteiger partial charge is 0.472 e. The van der Waals surface area contributed by atoms with Crippen molar-refractivity contribution >= 4 is 27.5 Å². The lowest BCUT2D eigenvalue weighted by Gasteiger charge is -2.48. The van der Waals surface area contributed by atoms with E-state index in [9.17, 15) is 4.79 Å². The molecule has 1 saturated heterocycles. The Morgan fingerprint density at radius 2 is 2.22 bits per heavy atom. The summed E-state index contributed by atoms with van der Waals surface area (Å²) in [6.07, 6.45) is 6.91. The first-order chi connectivity index (χ1) is 13.2. The Bertz CT molecular complexity index is 919. The normalized spacial score (nSPS) is 19.9. The zero-order valence-electron chi connectivity index (χ0n) is 15.8. The summed E-state index contributed by atoms with van der Waals surface area (Å²) < 4.78 is 10.6. The van der Waals surface area contributed by atoms with Gasteiger partial charge in [-0.15, -0.1) is 0 Å². The molecule has 1 amide bonds. The number of nitrogens with one attached hydrogen (secondary N) is 1. The highest BCUT2D eigenvalue weighted by Gasteiger charge is 2.38. The molecule has 1 aliphatic rings. The van der Waals surface area contributed by atoms with Gasteiger partial charge in [-0.1, -0.05) is 38.8 Å². The highest BCUT2D eigenvalue weighted by Crippen LogP contribution is 2.30. The number of benzene rings is 1. The van der Waals surface area contributed by atoms with Gasteiger partial charge in [0.05, 0.1) is 23.3 Å². The molecule has 5 nitrogen and oxygen atoms in total. The fraction of sp³-hybridized carbons (Fsp3) is 0.429. The smallest absolute Gasteiger partial charge is 0.271 e. The van der Waals surface area contributed by atoms with Gasteiger partial charge in [-0.05, 0) is 42.2 Å². The van der Waals surface area contributed by atoms with Gasteiger partial charge in [0.2, 0.25) is 0 Å². The molecule has 0 aliphatic carbocycles. The van der Waals surface area contributed by atoms with Gasteiger partial charge < -0.3 is 9.73 Å². The molecule has 1 N–H and O–H groups in total. The molecule has 3 aromatic rings. The zero-order chi connectivity index (χ0) is 18.8. The lowest BCUT2D eigenvalue weighted by Crippen LogP contribution is -2.66. The van der Waals surface area contributed by atoms with Crippen molar-refractivity contribution in [2.24, 2.45) is 0 Å². The summed E-state index contributed by atoms with van der Waals surface area (Å²) in [5.41, 5.74) is 2.64. The predicted octanol–water partition coefficient (Wildman–Crippen LogP) is 4.55. The number of amides is 1. The van der Waals surface area contributed by atoms with Gasteiger partial charge in [-0.3, -0.25) is 9.69 Å². The van der Waals surface area contributed by atoms with Crippen LogP contribution in [-0.2, 0) is 0 Å². The van der Waals surface area contributed by atoms with Crippen LogP contribution in [0.1, 0.15) is 43.6 Å². The molecule has 0 bridgehead atoms. The fourth-order valence-corrected chi connectivity index (χ4v) is 4.69. The standard InChI is InChI=1S/C21H25N3O2S/c1-3-5-6-18-17(12-24(18)4-2)22-21(25)20-16-8-7-14(11-19(16)27-23-20)15-9-10-26-13-15/h7-11,13,17-18H,3-6,12H2,1-2H3,(H,22,25)/t17-,18?/m0/s1. The van der Waals surface area contributed by atoms with Gasteiger partial charge in [0.1, 0.15) is 5.69 Å². The molecule has 0 spiro atoms. The third-order valence-electron chi connectivity index (χ3n) is 5.48. The van der Waals surface area contributed by atoms with Crippen LogP contribution in [0.4, 0.5) is 0 Å². The minimum Gasteiger partial charge on any atom is -0.472 e. The number of nitrogens with zero attached hydrogens (tertiary/aromatic N) is 2. The van der Waals surface area contributed by atoms with E-state index >= 15 is 0 Å². The molecule has 1 aliphatic heterocycles. The molecular weight excluding hydrogens is 358 g/mol. The minimum atomic E-state index is -0.0560. The molecule has 3 heterocycles. The number of carbonyl (C=O) groups is 1. The van der Waals surface area contributed by atoms with Crippen molar-refractivity contribution in [3.05, 3.63) is 42.5 Å². The Hall–Kier alpha value is -2.18. The van der Waals surface area contributed by atoms with Crippen LogP contribution < -0.4 is 5.32 Å². The summed E-state index contributed by atoms with van der Waals surface area (Å²) in [6.45, 7) is 6.37. The third kappa shape index (κ3) is 3.51. The minimum absolute atomic E-state index is 0.0560. The predicted molar refractivity (Wildman–Crippen MR) is 109 cm³/mol. The van der Waals surface area contributed by atoms with Crippen LogP contribution in [-0.4, -0.2) is 40.4 Å². The van der Waals surface area contributed by atoms with Crippen LogP contribution in [0, 0.1) is 0 Å². The summed E-state index contributed by atoms with van der Waals surface area (Å²) in [5, 5.41) is 4.14. The van der Waals surface area contributed by atoms with E-state index in [0.717, 1.165) is 40.7 Å². The number of rotatable bonds is 7. The van der Waals surface area contributed by atoms with Gasteiger partial charge in [0, 0.05) is 23.5 Å². The van der Waals surface area contributed by atoms with E-state index in [1.54, 1.807) is 12.5 Å². The van der Waals surface area contributed by atoms with Crippen molar-refractivity contribution in [2.75, 3.05) is 13.1 Å². The zero-order valence-corrected chi connectivity index (χ0v) is 16.6. The first-order valence-electron chi connectivity index (χ1n) is 9.68. The summed E-state index contributed by atoms with van der Waals surface area (Å²) >= 11 is 1.37. The second-order valence-corrected chi connectivity index (χ2v) is 7.94. The van der Waals surface area contributed by atoms with Gasteiger partial charge in [-0.2, -0.15) is 4.37 Å². The number of hydrogen-bond acceptors (Lipinski definition) is 5. The topological polar surface area (TPSA) is 58.4 Å². The maximum absolute atomic E-state index is 12.9. The van der Waals surface area contributed by atoms with Crippen molar-refractivity contribution in [1.82, 2.24) is 14.6 Å². The number of likely N-dealkylation sites (tertiary alicyclic amines) is 1. The Morgan fingerprint density at radius 3 is 2.96 bits per heavy atom. The number of carbonyl (C=O) groups excluding carboxylic acids is 1. The molecule has 4 rings (SSSR count). The number of hydrogen-bond donors (Lipinski definition) is 1. The van der Waals surface area contributed by atoms with E-state index < -0.39 is 0 Å². The second-order valence-electron chi connectivity index (χ2n) is 7.13. The van der Waals surface area contributed by atoms with Gasteiger partial charge in [0.25, 0.3) is 5.91 Å². The van der Waals surface area contributed by atoms with Crippen LogP contribution in [0.5, 0.6) is 0 Å².